The van der Waals surface area contributed by atoms with Crippen LogP contribution in [0.15, 0.2) is 0 Å². The van der Waals surface area contributed by atoms with Crippen LogP contribution in [0.25, 0.3) is 0 Å². The molecule has 0 aliphatic rings. The molecule has 0 atom stereocenters. The first kappa shape index (κ1) is 11.6. The molecule has 0 bridgehead atoms. The van der Waals surface area contributed by atoms with Crippen molar-refractivity contribution in [2.45, 2.75) is 6.43 Å². The SMILES string of the molecule is O=P(OCl)(OCl)OCC(F)F. The molecule has 0 aromatic carbocycles. The molecule has 0 aromatic rings. The van der Waals surface area contributed by atoms with Gasteiger partial charge in [-0.1, -0.05) is 0 Å². The van der Waals surface area contributed by atoms with Crippen LogP contribution in [0.3, 0.4) is 0 Å². The molecular weight excluding hydrogens is 228 g/mol. The van der Waals surface area contributed by atoms with E-state index in [0.29, 0.717) is 0 Å². The number of alkyl halides is 2. The molecule has 0 spiro atoms. The summed E-state index contributed by atoms with van der Waals surface area (Å²) in [5, 5.41) is 0. The molecule has 0 saturated heterocycles. The van der Waals surface area contributed by atoms with Crippen molar-refractivity contribution in [1.29, 1.82) is 0 Å². The number of halogens is 4. The van der Waals surface area contributed by atoms with Crippen molar-refractivity contribution in [3.05, 3.63) is 0 Å². The third-order valence-electron chi connectivity index (χ3n) is 0.528. The van der Waals surface area contributed by atoms with Crippen LogP contribution in [0, 0.1) is 0 Å². The lowest BCUT2D eigenvalue weighted by Crippen LogP contribution is -2.02. The molecule has 0 amide bonds. The highest BCUT2D eigenvalue weighted by Gasteiger charge is 2.28. The van der Waals surface area contributed by atoms with E-state index in [1.165, 1.54) is 0 Å². The van der Waals surface area contributed by atoms with Crippen molar-refractivity contribution in [2.24, 2.45) is 0 Å². The largest absolute Gasteiger partial charge is 0.508 e. The highest BCUT2D eigenvalue weighted by Crippen LogP contribution is 2.51. The van der Waals surface area contributed by atoms with Crippen molar-refractivity contribution in [3.63, 3.8) is 0 Å². The van der Waals surface area contributed by atoms with Crippen molar-refractivity contribution in [3.8, 4) is 0 Å². The van der Waals surface area contributed by atoms with E-state index in [9.17, 15) is 13.3 Å². The highest BCUT2D eigenvalue weighted by atomic mass is 35.5. The fourth-order valence-electron chi connectivity index (χ4n) is 0.198. The first-order chi connectivity index (χ1) is 5.04. The molecule has 0 unspecified atom stereocenters. The molecular formula is C2H3Cl2F2O4P. The number of hydrogen-bond acceptors (Lipinski definition) is 4. The van der Waals surface area contributed by atoms with Crippen LogP contribution in [0.1, 0.15) is 0 Å². The standard InChI is InChI=1S/C2H3Cl2F2O4P/c3-9-11(7,10-4)8-1-2(5)6/h2H,1H2. The summed E-state index contributed by atoms with van der Waals surface area (Å²) in [6.45, 7) is -1.13. The van der Waals surface area contributed by atoms with E-state index >= 15 is 0 Å². The van der Waals surface area contributed by atoms with Crippen LogP contribution in [-0.4, -0.2) is 13.0 Å². The fraction of sp³-hybridized carbons (Fsp3) is 1.00. The summed E-state index contributed by atoms with van der Waals surface area (Å²) in [5.74, 6) is 0. The van der Waals surface area contributed by atoms with Gasteiger partial charge >= 0.3 is 7.82 Å². The quantitative estimate of drug-likeness (QED) is 0.682. The molecule has 0 aliphatic carbocycles. The predicted molar refractivity (Wildman–Crippen MR) is 33.4 cm³/mol. The van der Waals surface area contributed by atoms with E-state index in [4.69, 9.17) is 0 Å². The molecule has 0 radical (unpaired) electrons. The van der Waals surface area contributed by atoms with E-state index in [1.807, 2.05) is 0 Å². The summed E-state index contributed by atoms with van der Waals surface area (Å²) in [6.07, 6.45) is -2.80. The van der Waals surface area contributed by atoms with Gasteiger partial charge in [0.1, 0.15) is 6.61 Å². The minimum atomic E-state index is -4.18. The van der Waals surface area contributed by atoms with Gasteiger partial charge in [0.05, 0.1) is 23.7 Å². The molecule has 4 nitrogen and oxygen atoms in total. The minimum Gasteiger partial charge on any atom is -0.279 e. The van der Waals surface area contributed by atoms with Crippen LogP contribution < -0.4 is 0 Å². The van der Waals surface area contributed by atoms with Gasteiger partial charge in [0, 0.05) is 0 Å². The summed E-state index contributed by atoms with van der Waals surface area (Å²) < 4.78 is 44.4. The minimum absolute atomic E-state index is 1.13. The molecule has 0 saturated carbocycles. The Balaban J connectivity index is 3.79. The lowest BCUT2D eigenvalue weighted by Gasteiger charge is -2.07. The third kappa shape index (κ3) is 4.90. The van der Waals surface area contributed by atoms with Gasteiger partial charge < -0.3 is 0 Å². The van der Waals surface area contributed by atoms with E-state index in [-0.39, 0.29) is 0 Å². The smallest absolute Gasteiger partial charge is 0.279 e. The van der Waals surface area contributed by atoms with Crippen LogP contribution >= 0.6 is 31.6 Å². The van der Waals surface area contributed by atoms with Crippen molar-refractivity contribution < 1.29 is 26.0 Å². The lowest BCUT2D eigenvalue weighted by atomic mass is 10.8. The molecule has 0 heterocycles. The Hall–Kier alpha value is 0.550. The van der Waals surface area contributed by atoms with Gasteiger partial charge in [-0.15, -0.1) is 0 Å². The maximum absolute atomic E-state index is 11.4. The average molecular weight is 231 g/mol. The number of phosphoric acid groups is 1. The maximum atomic E-state index is 11.4. The van der Waals surface area contributed by atoms with Gasteiger partial charge in [0.25, 0.3) is 6.43 Å². The van der Waals surface area contributed by atoms with Crippen LogP contribution in [0.2, 0.25) is 0 Å². The summed E-state index contributed by atoms with van der Waals surface area (Å²) in [6, 6.07) is 0. The first-order valence-corrected chi connectivity index (χ1v) is 4.25. The van der Waals surface area contributed by atoms with E-state index in [0.717, 1.165) is 0 Å². The Labute approximate surface area is 71.3 Å². The second kappa shape index (κ2) is 5.24. The van der Waals surface area contributed by atoms with Crippen molar-refractivity contribution in [2.75, 3.05) is 6.61 Å². The van der Waals surface area contributed by atoms with Crippen LogP contribution in [-0.2, 0) is 17.2 Å². The summed E-state index contributed by atoms with van der Waals surface area (Å²) >= 11 is 9.10. The molecule has 68 valence electrons. The maximum Gasteiger partial charge on any atom is 0.508 e. The molecule has 0 fully saturated rings. The van der Waals surface area contributed by atoms with Gasteiger partial charge in [-0.05, 0) is 0 Å². The Morgan fingerprint density at radius 2 is 1.82 bits per heavy atom. The number of hydrogen-bond donors (Lipinski definition) is 0. The molecule has 0 aliphatic heterocycles. The third-order valence-corrected chi connectivity index (χ3v) is 2.35. The molecule has 0 N–H and O–H groups in total. The van der Waals surface area contributed by atoms with Gasteiger partial charge in [-0.25, -0.2) is 13.3 Å². The molecule has 0 aromatic heterocycles. The predicted octanol–water partition coefficient (Wildman–Crippen LogP) is 2.72. The Morgan fingerprint density at radius 3 is 2.09 bits per heavy atom. The fourth-order valence-corrected chi connectivity index (χ4v) is 1.09. The molecule has 0 rings (SSSR count). The highest BCUT2D eigenvalue weighted by molar-refractivity contribution is 7.50. The van der Waals surface area contributed by atoms with Crippen molar-refractivity contribution >= 4 is 31.6 Å². The van der Waals surface area contributed by atoms with Crippen LogP contribution in [0.4, 0.5) is 8.78 Å². The first-order valence-electron chi connectivity index (χ1n) is 2.17. The zero-order valence-electron chi connectivity index (χ0n) is 4.88. The van der Waals surface area contributed by atoms with Crippen LogP contribution in [0.5, 0.6) is 0 Å². The normalized spacial score (nSPS) is 12.5. The monoisotopic (exact) mass is 230 g/mol. The molecule has 11 heavy (non-hydrogen) atoms. The number of rotatable bonds is 5. The van der Waals surface area contributed by atoms with Gasteiger partial charge in [0.15, 0.2) is 0 Å². The van der Waals surface area contributed by atoms with E-state index < -0.39 is 20.9 Å². The summed E-state index contributed by atoms with van der Waals surface area (Å²) in [7, 11) is -4.18. The second-order valence-electron chi connectivity index (χ2n) is 1.27. The van der Waals surface area contributed by atoms with E-state index in [2.05, 4.69) is 36.4 Å². The summed E-state index contributed by atoms with van der Waals surface area (Å²) in [5.41, 5.74) is 0. The lowest BCUT2D eigenvalue weighted by molar-refractivity contribution is 0.0676. The summed E-state index contributed by atoms with van der Waals surface area (Å²) in [4.78, 5) is 0. The zero-order valence-corrected chi connectivity index (χ0v) is 7.28. The average Bonchev–Trinajstić information content (AvgIpc) is 2.00. The Kier molecular flexibility index (Phi) is 5.50. The zero-order chi connectivity index (χ0) is 8.91. The molecule has 9 heteroatoms. The van der Waals surface area contributed by atoms with E-state index in [1.54, 1.807) is 0 Å². The Morgan fingerprint density at radius 1 is 1.36 bits per heavy atom. The topological polar surface area (TPSA) is 44.8 Å². The van der Waals surface area contributed by atoms with Crippen molar-refractivity contribution in [1.82, 2.24) is 0 Å². The van der Waals surface area contributed by atoms with Gasteiger partial charge in [-0.3, -0.25) is 4.52 Å². The van der Waals surface area contributed by atoms with Gasteiger partial charge in [-0.2, -0.15) is 8.15 Å². The van der Waals surface area contributed by atoms with Gasteiger partial charge in [0.2, 0.25) is 0 Å². The Bertz CT molecular complexity index is 147. The second-order valence-corrected chi connectivity index (χ2v) is 3.53.